The van der Waals surface area contributed by atoms with Crippen LogP contribution in [0.5, 0.6) is 0 Å². The Hall–Kier alpha value is -1.58. The normalized spacial score (nSPS) is 10.8. The first kappa shape index (κ1) is 13.5. The number of nitrogens with two attached hydrogens (primary N) is 1. The average Bonchev–Trinajstić information content (AvgIpc) is 2.26. The number of hydrogen-bond donors (Lipinski definition) is 2. The van der Waals surface area contributed by atoms with Crippen LogP contribution in [0.2, 0.25) is 0 Å². The molecular formula is C11H15N3O2S. The van der Waals surface area contributed by atoms with Crippen LogP contribution in [-0.4, -0.2) is 25.2 Å². The van der Waals surface area contributed by atoms with Crippen molar-refractivity contribution in [2.45, 2.75) is 19.1 Å². The van der Waals surface area contributed by atoms with Crippen molar-refractivity contribution in [1.82, 2.24) is 4.98 Å². The summed E-state index contributed by atoms with van der Waals surface area (Å²) in [6.45, 7) is 3.43. The van der Waals surface area contributed by atoms with Crippen LogP contribution in [0, 0.1) is 11.8 Å². The van der Waals surface area contributed by atoms with E-state index < -0.39 is 15.3 Å². The maximum atomic E-state index is 11.6. The van der Waals surface area contributed by atoms with Crippen LogP contribution in [0.15, 0.2) is 18.2 Å². The molecule has 0 atom stereocenters. The maximum Gasteiger partial charge on any atom is 0.236 e. The van der Waals surface area contributed by atoms with E-state index in [9.17, 15) is 8.42 Å². The predicted octanol–water partition coefficient (Wildman–Crippen LogP) is 0.542. The molecule has 0 amide bonds. The first-order chi connectivity index (χ1) is 7.95. The molecule has 0 aliphatic rings. The highest BCUT2D eigenvalue weighted by Crippen LogP contribution is 2.09. The molecule has 0 saturated heterocycles. The zero-order valence-corrected chi connectivity index (χ0v) is 10.6. The van der Waals surface area contributed by atoms with Gasteiger partial charge in [0, 0.05) is 0 Å². The summed E-state index contributed by atoms with van der Waals surface area (Å²) in [5, 5.41) is -0.511. The van der Waals surface area contributed by atoms with E-state index in [0.717, 1.165) is 0 Å². The maximum absolute atomic E-state index is 11.6. The van der Waals surface area contributed by atoms with Crippen molar-refractivity contribution in [3.63, 3.8) is 0 Å². The third-order valence-corrected chi connectivity index (χ3v) is 3.67. The fourth-order valence-electron chi connectivity index (χ4n) is 0.966. The zero-order chi connectivity index (χ0) is 12.9. The summed E-state index contributed by atoms with van der Waals surface area (Å²) >= 11 is 0. The summed E-state index contributed by atoms with van der Waals surface area (Å²) in [7, 11) is -3.37. The Balaban J connectivity index is 2.94. The summed E-state index contributed by atoms with van der Waals surface area (Å²) in [4.78, 5) is 4.06. The van der Waals surface area contributed by atoms with E-state index in [4.69, 9.17) is 5.73 Å². The van der Waals surface area contributed by atoms with Gasteiger partial charge in [0.05, 0.1) is 11.8 Å². The van der Waals surface area contributed by atoms with Gasteiger partial charge in [0.25, 0.3) is 0 Å². The van der Waals surface area contributed by atoms with Crippen LogP contribution in [0.1, 0.15) is 19.5 Å². The van der Waals surface area contributed by atoms with Crippen LogP contribution in [0.4, 0.5) is 5.82 Å². The Morgan fingerprint density at radius 1 is 1.47 bits per heavy atom. The number of nitrogens with zero attached hydrogens (tertiary/aromatic N) is 1. The largest absolute Gasteiger partial charge is 0.320 e. The highest BCUT2D eigenvalue weighted by atomic mass is 32.2. The molecule has 0 bridgehead atoms. The fraction of sp³-hybridized carbons (Fsp3) is 0.364. The Morgan fingerprint density at radius 3 is 2.76 bits per heavy atom. The zero-order valence-electron chi connectivity index (χ0n) is 9.77. The van der Waals surface area contributed by atoms with Gasteiger partial charge in [0.15, 0.2) is 0 Å². The van der Waals surface area contributed by atoms with Gasteiger partial charge in [-0.25, -0.2) is 13.4 Å². The molecule has 0 fully saturated rings. The second-order valence-corrected chi connectivity index (χ2v) is 5.85. The minimum absolute atomic E-state index is 0.240. The summed E-state index contributed by atoms with van der Waals surface area (Å²) in [6.07, 6.45) is 0. The lowest BCUT2D eigenvalue weighted by molar-refractivity contribution is 0.592. The molecule has 0 unspecified atom stereocenters. The van der Waals surface area contributed by atoms with Gasteiger partial charge in [-0.15, -0.1) is 0 Å². The Kier molecular flexibility index (Phi) is 4.49. The Morgan fingerprint density at radius 2 is 2.18 bits per heavy atom. The summed E-state index contributed by atoms with van der Waals surface area (Å²) in [5.41, 5.74) is 5.73. The van der Waals surface area contributed by atoms with Crippen molar-refractivity contribution in [2.75, 3.05) is 11.3 Å². The summed E-state index contributed by atoms with van der Waals surface area (Å²) < 4.78 is 25.6. The quantitative estimate of drug-likeness (QED) is 0.770. The highest BCUT2D eigenvalue weighted by molar-refractivity contribution is 7.93. The number of aromatic nitrogens is 1. The molecule has 92 valence electrons. The topological polar surface area (TPSA) is 85.1 Å². The molecule has 1 heterocycles. The standard InChI is InChI=1S/C11H15N3O2S/c1-9(2)17(15,16)14-11-7-3-5-10(13-11)6-4-8-12/h3,5,7,9H,8,12H2,1-2H3,(H,13,14). The van der Waals surface area contributed by atoms with Gasteiger partial charge in [-0.2, -0.15) is 0 Å². The van der Waals surface area contributed by atoms with E-state index in [-0.39, 0.29) is 12.4 Å². The molecule has 1 aromatic heterocycles. The molecule has 5 nitrogen and oxygen atoms in total. The van der Waals surface area contributed by atoms with Gasteiger partial charge in [0.1, 0.15) is 11.5 Å². The molecule has 0 aliphatic heterocycles. The van der Waals surface area contributed by atoms with Crippen LogP contribution < -0.4 is 10.5 Å². The first-order valence-corrected chi connectivity index (χ1v) is 6.68. The SMILES string of the molecule is CC(C)S(=O)(=O)Nc1cccc(C#CCN)n1. The number of sulfonamides is 1. The van der Waals surface area contributed by atoms with Crippen LogP contribution in [0.25, 0.3) is 0 Å². The third-order valence-electron chi connectivity index (χ3n) is 1.94. The van der Waals surface area contributed by atoms with E-state index in [1.54, 1.807) is 32.0 Å². The number of nitrogens with one attached hydrogen (secondary N) is 1. The van der Waals surface area contributed by atoms with Gasteiger partial charge in [-0.3, -0.25) is 4.72 Å². The monoisotopic (exact) mass is 253 g/mol. The second kappa shape index (κ2) is 5.66. The predicted molar refractivity (Wildman–Crippen MR) is 67.8 cm³/mol. The van der Waals surface area contributed by atoms with Gasteiger partial charge >= 0.3 is 0 Å². The van der Waals surface area contributed by atoms with Crippen molar-refractivity contribution in [3.05, 3.63) is 23.9 Å². The van der Waals surface area contributed by atoms with Crippen molar-refractivity contribution in [2.24, 2.45) is 5.73 Å². The molecule has 0 saturated carbocycles. The third kappa shape index (κ3) is 4.06. The molecule has 0 aliphatic carbocycles. The smallest absolute Gasteiger partial charge is 0.236 e. The lowest BCUT2D eigenvalue weighted by Gasteiger charge is -2.09. The molecule has 1 rings (SSSR count). The lowest BCUT2D eigenvalue weighted by atomic mass is 10.3. The minimum atomic E-state index is -3.37. The summed E-state index contributed by atoms with van der Waals surface area (Å²) in [5.74, 6) is 5.66. The van der Waals surface area contributed by atoms with Crippen molar-refractivity contribution >= 4 is 15.8 Å². The van der Waals surface area contributed by atoms with Gasteiger partial charge in [-0.1, -0.05) is 12.0 Å². The van der Waals surface area contributed by atoms with Crippen LogP contribution >= 0.6 is 0 Å². The van der Waals surface area contributed by atoms with E-state index in [1.165, 1.54) is 0 Å². The highest BCUT2D eigenvalue weighted by Gasteiger charge is 2.15. The van der Waals surface area contributed by atoms with E-state index in [0.29, 0.717) is 5.69 Å². The molecule has 3 N–H and O–H groups in total. The number of rotatable bonds is 3. The minimum Gasteiger partial charge on any atom is -0.320 e. The molecule has 1 aromatic rings. The van der Waals surface area contributed by atoms with Gasteiger partial charge < -0.3 is 5.73 Å². The fourth-order valence-corrected chi connectivity index (χ4v) is 1.61. The number of pyridine rings is 1. The molecule has 6 heteroatoms. The van der Waals surface area contributed by atoms with Gasteiger partial charge in [0.2, 0.25) is 10.0 Å². The average molecular weight is 253 g/mol. The van der Waals surface area contributed by atoms with E-state index >= 15 is 0 Å². The van der Waals surface area contributed by atoms with Crippen molar-refractivity contribution < 1.29 is 8.42 Å². The molecular weight excluding hydrogens is 238 g/mol. The Labute approximate surface area is 101 Å². The van der Waals surface area contributed by atoms with Crippen molar-refractivity contribution in [1.29, 1.82) is 0 Å². The second-order valence-electron chi connectivity index (χ2n) is 3.61. The molecule has 17 heavy (non-hydrogen) atoms. The van der Waals surface area contributed by atoms with E-state index in [1.807, 2.05) is 0 Å². The van der Waals surface area contributed by atoms with Crippen LogP contribution in [0.3, 0.4) is 0 Å². The lowest BCUT2D eigenvalue weighted by Crippen LogP contribution is -2.23. The molecule has 0 radical (unpaired) electrons. The molecule has 0 spiro atoms. The van der Waals surface area contributed by atoms with Crippen LogP contribution in [-0.2, 0) is 10.0 Å². The van der Waals surface area contributed by atoms with E-state index in [2.05, 4.69) is 21.5 Å². The molecule has 0 aromatic carbocycles. The number of anilines is 1. The van der Waals surface area contributed by atoms with Gasteiger partial charge in [-0.05, 0) is 31.9 Å². The Bertz CT molecular complexity index is 541. The first-order valence-electron chi connectivity index (χ1n) is 5.13. The van der Waals surface area contributed by atoms with Crippen molar-refractivity contribution in [3.8, 4) is 11.8 Å². The number of hydrogen-bond acceptors (Lipinski definition) is 4. The summed E-state index contributed by atoms with van der Waals surface area (Å²) in [6, 6.07) is 4.95.